The van der Waals surface area contributed by atoms with Crippen LogP contribution in [0, 0.1) is 5.92 Å². The molecule has 3 rings (SSSR count). The van der Waals surface area contributed by atoms with E-state index in [-0.39, 0.29) is 18.1 Å². The summed E-state index contributed by atoms with van der Waals surface area (Å²) in [6.45, 7) is 2.54. The molecule has 1 aromatic carbocycles. The van der Waals surface area contributed by atoms with E-state index < -0.39 is 23.7 Å². The molecule has 2 amide bonds. The van der Waals surface area contributed by atoms with E-state index in [0.29, 0.717) is 12.1 Å². The maximum absolute atomic E-state index is 12.7. The first-order valence-electron chi connectivity index (χ1n) is 9.34. The number of carbonyl (C=O) groups excluding carboxylic acids is 2. The molecule has 5 nitrogen and oxygen atoms in total. The van der Waals surface area contributed by atoms with Crippen LogP contribution in [-0.4, -0.2) is 37.7 Å². The highest BCUT2D eigenvalue weighted by Gasteiger charge is 2.37. The summed E-state index contributed by atoms with van der Waals surface area (Å²) in [6, 6.07) is 4.43. The van der Waals surface area contributed by atoms with E-state index in [9.17, 15) is 22.8 Å². The molecule has 0 aromatic heterocycles. The van der Waals surface area contributed by atoms with Crippen molar-refractivity contribution >= 4 is 12.0 Å². The van der Waals surface area contributed by atoms with Crippen molar-refractivity contribution in [3.05, 3.63) is 35.4 Å². The van der Waals surface area contributed by atoms with Crippen molar-refractivity contribution in [2.24, 2.45) is 5.92 Å². The summed E-state index contributed by atoms with van der Waals surface area (Å²) in [5.41, 5.74) is -1.17. The van der Waals surface area contributed by atoms with Crippen LogP contribution in [0.15, 0.2) is 24.3 Å². The van der Waals surface area contributed by atoms with Crippen LogP contribution in [0.3, 0.4) is 0 Å². The molecule has 2 N–H and O–H groups in total. The number of carbonyl (C=O) groups is 2. The molecule has 0 bridgehead atoms. The van der Waals surface area contributed by atoms with Gasteiger partial charge in [0.1, 0.15) is 6.61 Å². The van der Waals surface area contributed by atoms with Crippen molar-refractivity contribution < 1.29 is 32.4 Å². The highest BCUT2D eigenvalue weighted by Crippen LogP contribution is 2.29. The lowest BCUT2D eigenvalue weighted by molar-refractivity contribution is -0.940. The van der Waals surface area contributed by atoms with E-state index >= 15 is 0 Å². The number of amides is 2. The zero-order valence-corrected chi connectivity index (χ0v) is 15.0. The van der Waals surface area contributed by atoms with Gasteiger partial charge in [-0.05, 0) is 50.3 Å². The van der Waals surface area contributed by atoms with Crippen LogP contribution < -0.4 is 10.2 Å². The minimum atomic E-state index is -4.55. The second-order valence-corrected chi connectivity index (χ2v) is 7.29. The van der Waals surface area contributed by atoms with Gasteiger partial charge in [0, 0.05) is 11.5 Å². The number of hydrogen-bond donors (Lipinski definition) is 2. The smallest absolute Gasteiger partial charge is 0.416 e. The maximum Gasteiger partial charge on any atom is 0.416 e. The molecule has 2 saturated heterocycles. The topological polar surface area (TPSA) is 59.8 Å². The van der Waals surface area contributed by atoms with Crippen molar-refractivity contribution in [1.82, 2.24) is 5.32 Å². The highest BCUT2D eigenvalue weighted by atomic mass is 19.4. The number of ether oxygens (including phenoxy) is 1. The Morgan fingerprint density at radius 2 is 1.93 bits per heavy atom. The van der Waals surface area contributed by atoms with Gasteiger partial charge in [-0.2, -0.15) is 13.2 Å². The summed E-state index contributed by atoms with van der Waals surface area (Å²) in [7, 11) is 0. The average Bonchev–Trinajstić information content (AvgIpc) is 2.65. The van der Waals surface area contributed by atoms with Crippen LogP contribution in [0.5, 0.6) is 0 Å². The van der Waals surface area contributed by atoms with E-state index in [4.69, 9.17) is 4.74 Å². The molecular formula is C19H24F3N2O3+. The quantitative estimate of drug-likeness (QED) is 0.840. The summed E-state index contributed by atoms with van der Waals surface area (Å²) in [5.74, 6) is -0.636. The van der Waals surface area contributed by atoms with Crippen LogP contribution in [0.1, 0.15) is 48.0 Å². The molecule has 3 unspecified atom stereocenters. The van der Waals surface area contributed by atoms with Crippen LogP contribution in [0.4, 0.5) is 18.0 Å². The molecule has 0 aliphatic carbocycles. The zero-order chi connectivity index (χ0) is 19.4. The van der Waals surface area contributed by atoms with E-state index in [1.165, 1.54) is 18.9 Å². The van der Waals surface area contributed by atoms with Gasteiger partial charge in [0.15, 0.2) is 0 Å². The Morgan fingerprint density at radius 1 is 1.15 bits per heavy atom. The maximum atomic E-state index is 12.7. The molecule has 0 spiro atoms. The lowest BCUT2D eigenvalue weighted by Crippen LogP contribution is -3.18. The molecule has 1 aromatic rings. The van der Waals surface area contributed by atoms with Gasteiger partial charge >= 0.3 is 12.3 Å². The molecule has 2 heterocycles. The summed E-state index contributed by atoms with van der Waals surface area (Å²) in [6.07, 6.45) is 0.143. The second-order valence-electron chi connectivity index (χ2n) is 7.29. The van der Waals surface area contributed by atoms with Crippen LogP contribution in [-0.2, 0) is 10.9 Å². The third-order valence-corrected chi connectivity index (χ3v) is 5.53. The first-order valence-corrected chi connectivity index (χ1v) is 9.34. The number of imide groups is 1. The predicted molar refractivity (Wildman–Crippen MR) is 91.3 cm³/mol. The standard InChI is InChI=1S/C19H23F3N2O3/c20-19(21,22)15-7-3-5-13(11-15)17(25)23-18(26)27-12-14-6-4-10-24-9-2-1-8-16(14)24/h3,5,7,11,14,16H,1-2,4,6,8-10,12H2,(H,23,25,26)/p+1. The number of alkyl halides is 3. The summed E-state index contributed by atoms with van der Waals surface area (Å²) in [4.78, 5) is 25.5. The molecule has 3 atom stereocenters. The Kier molecular flexibility index (Phi) is 6.04. The van der Waals surface area contributed by atoms with Gasteiger partial charge in [0.2, 0.25) is 0 Å². The van der Waals surface area contributed by atoms with Gasteiger partial charge < -0.3 is 9.64 Å². The number of fused-ring (bicyclic) bond motifs is 1. The Balaban J connectivity index is 1.52. The molecule has 2 aliphatic rings. The first-order chi connectivity index (χ1) is 12.8. The lowest BCUT2D eigenvalue weighted by Gasteiger charge is -2.40. The number of benzene rings is 1. The van der Waals surface area contributed by atoms with E-state index in [1.807, 2.05) is 5.32 Å². The molecule has 0 saturated carbocycles. The van der Waals surface area contributed by atoms with Gasteiger partial charge in [0.25, 0.3) is 5.91 Å². The van der Waals surface area contributed by atoms with Crippen LogP contribution in [0.25, 0.3) is 0 Å². The number of quaternary nitrogens is 1. The number of halogens is 3. The average molecular weight is 385 g/mol. The number of hydrogen-bond acceptors (Lipinski definition) is 3. The predicted octanol–water partition coefficient (Wildman–Crippen LogP) is 2.42. The first kappa shape index (κ1) is 19.7. The van der Waals surface area contributed by atoms with E-state index in [0.717, 1.165) is 44.5 Å². The fraction of sp³-hybridized carbons (Fsp3) is 0.579. The number of rotatable bonds is 3. The van der Waals surface area contributed by atoms with Gasteiger partial charge in [0.05, 0.1) is 24.7 Å². The Hall–Kier alpha value is -2.09. The Labute approximate surface area is 155 Å². The monoisotopic (exact) mass is 385 g/mol. The molecule has 2 aliphatic heterocycles. The minimum Gasteiger partial charge on any atom is -0.449 e. The highest BCUT2D eigenvalue weighted by molar-refractivity contribution is 6.02. The van der Waals surface area contributed by atoms with Crippen molar-refractivity contribution in [1.29, 1.82) is 0 Å². The second kappa shape index (κ2) is 8.29. The number of nitrogens with one attached hydrogen (secondary N) is 2. The number of alkyl carbamates (subject to hydrolysis) is 1. The van der Waals surface area contributed by atoms with E-state index in [2.05, 4.69) is 0 Å². The van der Waals surface area contributed by atoms with Gasteiger partial charge in [-0.25, -0.2) is 4.79 Å². The lowest BCUT2D eigenvalue weighted by atomic mass is 9.84. The fourth-order valence-electron chi connectivity index (χ4n) is 4.20. The van der Waals surface area contributed by atoms with E-state index in [1.54, 1.807) is 4.90 Å². The largest absolute Gasteiger partial charge is 0.449 e. The van der Waals surface area contributed by atoms with Crippen molar-refractivity contribution in [2.75, 3.05) is 19.7 Å². The van der Waals surface area contributed by atoms with Gasteiger partial charge in [-0.15, -0.1) is 0 Å². The molecule has 27 heavy (non-hydrogen) atoms. The summed E-state index contributed by atoms with van der Waals surface area (Å²) in [5, 5.41) is 2.01. The van der Waals surface area contributed by atoms with Crippen LogP contribution in [0.2, 0.25) is 0 Å². The van der Waals surface area contributed by atoms with Crippen LogP contribution >= 0.6 is 0 Å². The SMILES string of the molecule is O=C(NC(=O)c1cccc(C(F)(F)F)c1)OCC1CCC[NH+]2CCCCC12. The fourth-order valence-corrected chi connectivity index (χ4v) is 4.20. The minimum absolute atomic E-state index is 0.232. The number of piperidine rings is 2. The molecule has 0 radical (unpaired) electrons. The Bertz CT molecular complexity index is 691. The third kappa shape index (κ3) is 5.00. The molecule has 8 heteroatoms. The molecule has 148 valence electrons. The summed E-state index contributed by atoms with van der Waals surface area (Å²) < 4.78 is 43.4. The van der Waals surface area contributed by atoms with Crippen molar-refractivity contribution in [3.63, 3.8) is 0 Å². The molecule has 2 fully saturated rings. The summed E-state index contributed by atoms with van der Waals surface area (Å²) >= 11 is 0. The van der Waals surface area contributed by atoms with Crippen molar-refractivity contribution in [3.8, 4) is 0 Å². The zero-order valence-electron chi connectivity index (χ0n) is 15.0. The normalized spacial score (nSPS) is 25.4. The Morgan fingerprint density at radius 3 is 2.70 bits per heavy atom. The van der Waals surface area contributed by atoms with Gasteiger partial charge in [-0.3, -0.25) is 10.1 Å². The third-order valence-electron chi connectivity index (χ3n) is 5.53. The van der Waals surface area contributed by atoms with Crippen molar-refractivity contribution in [2.45, 2.75) is 44.3 Å². The molecular weight excluding hydrogens is 361 g/mol. The van der Waals surface area contributed by atoms with Gasteiger partial charge in [-0.1, -0.05) is 6.07 Å².